The van der Waals surface area contributed by atoms with E-state index in [1.165, 1.54) is 0 Å². The van der Waals surface area contributed by atoms with E-state index in [2.05, 4.69) is 10.3 Å². The van der Waals surface area contributed by atoms with Crippen LogP contribution in [0, 0.1) is 25.7 Å². The maximum Gasteiger partial charge on any atom is 0.228 e. The quantitative estimate of drug-likeness (QED) is 0.825. The van der Waals surface area contributed by atoms with Crippen molar-refractivity contribution in [2.45, 2.75) is 26.7 Å². The number of hydrogen-bond donors (Lipinski definition) is 1. The number of anilines is 1. The van der Waals surface area contributed by atoms with Crippen molar-refractivity contribution in [2.24, 2.45) is 11.8 Å². The van der Waals surface area contributed by atoms with Crippen molar-refractivity contribution in [3.8, 4) is 0 Å². The third kappa shape index (κ3) is 4.66. The number of carbonyl (C=O) groups excluding carboxylic acids is 2. The lowest BCUT2D eigenvalue weighted by molar-refractivity contribution is -0.132. The summed E-state index contributed by atoms with van der Waals surface area (Å²) in [6, 6.07) is 7.69. The standard InChI is InChI=1S/C21H24ClN3O2/c1-13-10-14(2)19(18(22)11-13)24-20(26)16-12-17(16)21(27)25(3)9-6-15-4-7-23-8-5-15/h4-5,7-8,10-11,16-17H,6,9,12H2,1-3H3,(H,24,26). The fourth-order valence-corrected chi connectivity index (χ4v) is 3.66. The molecule has 1 heterocycles. The molecule has 5 nitrogen and oxygen atoms in total. The summed E-state index contributed by atoms with van der Waals surface area (Å²) in [5.74, 6) is -0.629. The van der Waals surface area contributed by atoms with Crippen LogP contribution in [0.5, 0.6) is 0 Å². The number of rotatable bonds is 6. The topological polar surface area (TPSA) is 62.3 Å². The first-order chi connectivity index (χ1) is 12.9. The monoisotopic (exact) mass is 385 g/mol. The van der Waals surface area contributed by atoms with Crippen LogP contribution in [-0.2, 0) is 16.0 Å². The molecule has 3 rings (SSSR count). The molecule has 6 heteroatoms. The summed E-state index contributed by atoms with van der Waals surface area (Å²) in [5, 5.41) is 3.43. The van der Waals surface area contributed by atoms with Gasteiger partial charge >= 0.3 is 0 Å². The van der Waals surface area contributed by atoms with E-state index in [4.69, 9.17) is 11.6 Å². The summed E-state index contributed by atoms with van der Waals surface area (Å²) in [6.07, 6.45) is 4.85. The van der Waals surface area contributed by atoms with E-state index in [0.717, 1.165) is 23.1 Å². The Hall–Kier alpha value is -2.40. The highest BCUT2D eigenvalue weighted by Crippen LogP contribution is 2.41. The van der Waals surface area contributed by atoms with Gasteiger partial charge in [0.1, 0.15) is 0 Å². The lowest BCUT2D eigenvalue weighted by Gasteiger charge is -2.17. The first-order valence-corrected chi connectivity index (χ1v) is 9.46. The fraction of sp³-hybridized carbons (Fsp3) is 0.381. The molecule has 0 saturated heterocycles. The Balaban J connectivity index is 1.54. The first-order valence-electron chi connectivity index (χ1n) is 9.08. The molecule has 1 aliphatic carbocycles. The van der Waals surface area contributed by atoms with Crippen molar-refractivity contribution < 1.29 is 9.59 Å². The third-order valence-electron chi connectivity index (χ3n) is 4.99. The molecular weight excluding hydrogens is 362 g/mol. The minimum atomic E-state index is -0.280. The molecule has 2 amide bonds. The number of aromatic nitrogens is 1. The van der Waals surface area contributed by atoms with Gasteiger partial charge in [0.2, 0.25) is 11.8 Å². The molecule has 1 aliphatic rings. The Labute approximate surface area is 164 Å². The van der Waals surface area contributed by atoms with Crippen LogP contribution >= 0.6 is 11.6 Å². The molecule has 2 unspecified atom stereocenters. The van der Waals surface area contributed by atoms with E-state index in [0.29, 0.717) is 23.7 Å². The lowest BCUT2D eigenvalue weighted by Crippen LogP contribution is -2.31. The molecule has 1 aromatic carbocycles. The number of likely N-dealkylation sites (N-methyl/N-ethyl adjacent to an activating group) is 1. The van der Waals surface area contributed by atoms with Crippen LogP contribution in [0.15, 0.2) is 36.7 Å². The van der Waals surface area contributed by atoms with Crippen LogP contribution in [0.4, 0.5) is 5.69 Å². The van der Waals surface area contributed by atoms with E-state index < -0.39 is 0 Å². The number of pyridine rings is 1. The summed E-state index contributed by atoms with van der Waals surface area (Å²) in [4.78, 5) is 30.8. The van der Waals surface area contributed by atoms with Crippen LogP contribution in [0.2, 0.25) is 5.02 Å². The van der Waals surface area contributed by atoms with Gasteiger partial charge in [-0.3, -0.25) is 14.6 Å². The van der Waals surface area contributed by atoms with E-state index in [-0.39, 0.29) is 23.7 Å². The predicted octanol–water partition coefficient (Wildman–Crippen LogP) is 3.63. The summed E-state index contributed by atoms with van der Waals surface area (Å²) in [6.45, 7) is 4.50. The van der Waals surface area contributed by atoms with Crippen molar-refractivity contribution in [3.05, 3.63) is 58.4 Å². The van der Waals surface area contributed by atoms with Gasteiger partial charge in [-0.05, 0) is 61.6 Å². The highest BCUT2D eigenvalue weighted by molar-refractivity contribution is 6.34. The molecule has 1 N–H and O–H groups in total. The molecule has 0 radical (unpaired) electrons. The average molecular weight is 386 g/mol. The lowest BCUT2D eigenvalue weighted by atomic mass is 10.1. The number of hydrogen-bond acceptors (Lipinski definition) is 3. The highest BCUT2D eigenvalue weighted by Gasteiger charge is 2.49. The van der Waals surface area contributed by atoms with E-state index in [9.17, 15) is 9.59 Å². The number of benzene rings is 1. The molecule has 142 valence electrons. The van der Waals surface area contributed by atoms with Gasteiger partial charge in [0.25, 0.3) is 0 Å². The van der Waals surface area contributed by atoms with Crippen LogP contribution in [0.1, 0.15) is 23.1 Å². The van der Waals surface area contributed by atoms with Gasteiger partial charge in [-0.1, -0.05) is 17.7 Å². The number of aryl methyl sites for hydroxylation is 2. The van der Waals surface area contributed by atoms with E-state index in [1.54, 1.807) is 24.3 Å². The Morgan fingerprint density at radius 2 is 1.93 bits per heavy atom. The zero-order chi connectivity index (χ0) is 19.6. The van der Waals surface area contributed by atoms with E-state index >= 15 is 0 Å². The molecule has 27 heavy (non-hydrogen) atoms. The normalized spacial score (nSPS) is 18.1. The second-order valence-electron chi connectivity index (χ2n) is 7.24. The van der Waals surface area contributed by atoms with Crippen LogP contribution in [0.25, 0.3) is 0 Å². The number of nitrogens with one attached hydrogen (secondary N) is 1. The Morgan fingerprint density at radius 1 is 1.22 bits per heavy atom. The van der Waals surface area contributed by atoms with Gasteiger partial charge in [-0.15, -0.1) is 0 Å². The number of carbonyl (C=O) groups is 2. The summed E-state index contributed by atoms with van der Waals surface area (Å²) >= 11 is 6.26. The van der Waals surface area contributed by atoms with Crippen LogP contribution in [-0.4, -0.2) is 35.3 Å². The first kappa shape index (κ1) is 19.4. The molecule has 1 aromatic heterocycles. The van der Waals surface area contributed by atoms with Gasteiger partial charge in [0.15, 0.2) is 0 Å². The largest absolute Gasteiger partial charge is 0.345 e. The highest BCUT2D eigenvalue weighted by atomic mass is 35.5. The van der Waals surface area contributed by atoms with Crippen LogP contribution in [0.3, 0.4) is 0 Å². The second-order valence-corrected chi connectivity index (χ2v) is 7.65. The molecule has 0 spiro atoms. The minimum absolute atomic E-state index is 0.0240. The zero-order valence-corrected chi connectivity index (χ0v) is 16.6. The van der Waals surface area contributed by atoms with Gasteiger partial charge in [0.05, 0.1) is 22.5 Å². The van der Waals surface area contributed by atoms with Crippen LogP contribution < -0.4 is 5.32 Å². The smallest absolute Gasteiger partial charge is 0.228 e. The molecule has 1 fully saturated rings. The van der Waals surface area contributed by atoms with Crippen molar-refractivity contribution in [3.63, 3.8) is 0 Å². The fourth-order valence-electron chi connectivity index (χ4n) is 3.29. The van der Waals surface area contributed by atoms with Crippen molar-refractivity contribution in [2.75, 3.05) is 18.9 Å². The van der Waals surface area contributed by atoms with Gasteiger partial charge in [-0.2, -0.15) is 0 Å². The molecular formula is C21H24ClN3O2. The molecule has 0 bridgehead atoms. The summed E-state index contributed by atoms with van der Waals surface area (Å²) in [7, 11) is 1.79. The minimum Gasteiger partial charge on any atom is -0.345 e. The van der Waals surface area contributed by atoms with Gasteiger partial charge < -0.3 is 10.2 Å². The van der Waals surface area contributed by atoms with Crippen molar-refractivity contribution in [1.82, 2.24) is 9.88 Å². The van der Waals surface area contributed by atoms with Gasteiger partial charge in [0, 0.05) is 26.0 Å². The van der Waals surface area contributed by atoms with Gasteiger partial charge in [-0.25, -0.2) is 0 Å². The SMILES string of the molecule is Cc1cc(C)c(NC(=O)C2CC2C(=O)N(C)CCc2ccncc2)c(Cl)c1. The summed E-state index contributed by atoms with van der Waals surface area (Å²) < 4.78 is 0. The maximum atomic E-state index is 12.6. The Kier molecular flexibility index (Phi) is 5.80. The second kappa shape index (κ2) is 8.09. The predicted molar refractivity (Wildman–Crippen MR) is 107 cm³/mol. The maximum absolute atomic E-state index is 12.6. The molecule has 2 aromatic rings. The summed E-state index contributed by atoms with van der Waals surface area (Å²) in [5.41, 5.74) is 3.74. The molecule has 1 saturated carbocycles. The number of nitrogens with zero attached hydrogens (tertiary/aromatic N) is 2. The zero-order valence-electron chi connectivity index (χ0n) is 15.8. The number of amides is 2. The Morgan fingerprint density at radius 3 is 2.59 bits per heavy atom. The number of halogens is 1. The average Bonchev–Trinajstić information content (AvgIpc) is 3.43. The molecule has 0 aliphatic heterocycles. The van der Waals surface area contributed by atoms with E-state index in [1.807, 2.05) is 38.1 Å². The van der Waals surface area contributed by atoms with Crippen molar-refractivity contribution >= 4 is 29.1 Å². The molecule has 2 atom stereocenters. The third-order valence-corrected chi connectivity index (χ3v) is 5.28. The van der Waals surface area contributed by atoms with Crippen molar-refractivity contribution in [1.29, 1.82) is 0 Å². The Bertz CT molecular complexity index is 831.